The molecule has 0 aliphatic carbocycles. The first-order chi connectivity index (χ1) is 8.24. The van der Waals surface area contributed by atoms with E-state index in [1.807, 2.05) is 19.2 Å². The first-order valence-corrected chi connectivity index (χ1v) is 6.37. The highest BCUT2D eigenvalue weighted by molar-refractivity contribution is 6.30. The number of benzene rings is 1. The van der Waals surface area contributed by atoms with Crippen molar-refractivity contribution < 1.29 is 17.0 Å². The minimum atomic E-state index is 0. The average Bonchev–Trinajstić information content (AvgIpc) is 2.73. The molecule has 4 heteroatoms. The van der Waals surface area contributed by atoms with Crippen LogP contribution < -0.4 is 17.0 Å². The summed E-state index contributed by atoms with van der Waals surface area (Å²) in [7, 11) is 2.05. The monoisotopic (exact) mass is 284 g/mol. The molecule has 98 valence electrons. The Kier molecular flexibility index (Phi) is 6.23. The minimum Gasteiger partial charge on any atom is -1.00 e. The number of rotatable bonds is 5. The van der Waals surface area contributed by atoms with E-state index in [9.17, 15) is 0 Å². The lowest BCUT2D eigenvalue weighted by Gasteiger charge is -2.00. The van der Waals surface area contributed by atoms with Gasteiger partial charge in [0.05, 0.1) is 13.6 Å². The van der Waals surface area contributed by atoms with E-state index in [0.29, 0.717) is 0 Å². The zero-order valence-corrected chi connectivity index (χ0v) is 12.0. The highest BCUT2D eigenvalue weighted by Crippen LogP contribution is 2.11. The summed E-state index contributed by atoms with van der Waals surface area (Å²) in [6.45, 7) is 1.09. The second kappa shape index (κ2) is 7.45. The highest BCUT2D eigenvalue weighted by atomic mass is 35.5. The molecule has 0 radical (unpaired) electrons. The van der Waals surface area contributed by atoms with Crippen LogP contribution in [0.25, 0.3) is 0 Å². The maximum absolute atomic E-state index is 5.85. The Balaban J connectivity index is 0.00000162. The molecule has 1 aromatic heterocycles. The molecule has 0 N–H and O–H groups in total. The lowest BCUT2D eigenvalue weighted by molar-refractivity contribution is -0.696. The molecule has 0 saturated carbocycles. The maximum Gasteiger partial charge on any atom is 0.243 e. The summed E-state index contributed by atoms with van der Waals surface area (Å²) < 4.78 is 4.29. The number of halogens is 2. The lowest BCUT2D eigenvalue weighted by atomic mass is 10.1. The number of imidazole rings is 1. The van der Waals surface area contributed by atoms with Crippen molar-refractivity contribution in [1.29, 1.82) is 0 Å². The van der Waals surface area contributed by atoms with Gasteiger partial charge in [-0.05, 0) is 37.0 Å². The molecule has 1 aromatic carbocycles. The van der Waals surface area contributed by atoms with E-state index >= 15 is 0 Å². The van der Waals surface area contributed by atoms with Crippen LogP contribution in [0.2, 0.25) is 5.02 Å². The van der Waals surface area contributed by atoms with Crippen molar-refractivity contribution >= 4 is 11.6 Å². The third kappa shape index (κ3) is 4.71. The zero-order valence-electron chi connectivity index (χ0n) is 10.5. The quantitative estimate of drug-likeness (QED) is 0.540. The number of nitrogens with zero attached hydrogens (tertiary/aromatic N) is 2. The summed E-state index contributed by atoms with van der Waals surface area (Å²) in [5.41, 5.74) is 1.37. The number of aromatic nitrogens is 2. The molecule has 0 unspecified atom stereocenters. The third-order valence-corrected chi connectivity index (χ3v) is 3.12. The van der Waals surface area contributed by atoms with E-state index in [0.717, 1.165) is 18.0 Å². The van der Waals surface area contributed by atoms with Crippen LogP contribution in [0.1, 0.15) is 18.4 Å². The van der Waals surface area contributed by atoms with Gasteiger partial charge in [-0.1, -0.05) is 23.7 Å². The predicted octanol–water partition coefficient (Wildman–Crippen LogP) is -0.00710. The zero-order chi connectivity index (χ0) is 12.1. The van der Waals surface area contributed by atoms with Crippen molar-refractivity contribution in [2.75, 3.05) is 0 Å². The van der Waals surface area contributed by atoms with Crippen LogP contribution in [0.4, 0.5) is 0 Å². The summed E-state index contributed by atoms with van der Waals surface area (Å²) in [6, 6.07) is 8.14. The largest absolute Gasteiger partial charge is 1.00 e. The lowest BCUT2D eigenvalue weighted by Crippen LogP contribution is -3.00. The van der Waals surface area contributed by atoms with E-state index < -0.39 is 0 Å². The maximum atomic E-state index is 5.85. The van der Waals surface area contributed by atoms with Crippen LogP contribution in [-0.4, -0.2) is 4.57 Å². The summed E-state index contributed by atoms with van der Waals surface area (Å²) in [6.07, 6.45) is 9.84. The molecule has 2 aromatic rings. The van der Waals surface area contributed by atoms with Crippen LogP contribution in [-0.2, 0) is 20.0 Å². The van der Waals surface area contributed by atoms with E-state index in [-0.39, 0.29) is 12.4 Å². The second-order valence-electron chi connectivity index (χ2n) is 4.40. The van der Waals surface area contributed by atoms with E-state index in [1.165, 1.54) is 18.4 Å². The number of hydrogen-bond acceptors (Lipinski definition) is 0. The van der Waals surface area contributed by atoms with Gasteiger partial charge in [-0.2, -0.15) is 0 Å². The Morgan fingerprint density at radius 1 is 1.17 bits per heavy atom. The van der Waals surface area contributed by atoms with Crippen LogP contribution >= 0.6 is 11.6 Å². The third-order valence-electron chi connectivity index (χ3n) is 2.87. The molecule has 1 heterocycles. The van der Waals surface area contributed by atoms with Crippen LogP contribution in [0.5, 0.6) is 0 Å². The Labute approximate surface area is 120 Å². The SMILES string of the molecule is Cn1cc[n+](CCCCc2ccc(Cl)cc2)c1.[Cl-]. The Bertz CT molecular complexity index is 463. The van der Waals surface area contributed by atoms with Gasteiger partial charge < -0.3 is 12.4 Å². The van der Waals surface area contributed by atoms with Gasteiger partial charge in [0.15, 0.2) is 0 Å². The normalized spacial score (nSPS) is 10.1. The topological polar surface area (TPSA) is 8.81 Å². The summed E-state index contributed by atoms with van der Waals surface area (Å²) in [5.74, 6) is 0. The molecule has 0 fully saturated rings. The van der Waals surface area contributed by atoms with Gasteiger partial charge in [-0.25, -0.2) is 9.13 Å². The first kappa shape index (κ1) is 15.1. The number of hydrogen-bond donors (Lipinski definition) is 0. The summed E-state index contributed by atoms with van der Waals surface area (Å²) in [4.78, 5) is 0. The van der Waals surface area contributed by atoms with Crippen molar-refractivity contribution in [2.24, 2.45) is 7.05 Å². The molecular weight excluding hydrogens is 267 g/mol. The fraction of sp³-hybridized carbons (Fsp3) is 0.357. The molecule has 18 heavy (non-hydrogen) atoms. The predicted molar refractivity (Wildman–Crippen MR) is 70.0 cm³/mol. The van der Waals surface area contributed by atoms with Crippen molar-refractivity contribution in [3.8, 4) is 0 Å². The number of aryl methyl sites for hydroxylation is 3. The van der Waals surface area contributed by atoms with Gasteiger partial charge in [-0.15, -0.1) is 0 Å². The summed E-state index contributed by atoms with van der Waals surface area (Å²) >= 11 is 5.85. The Hall–Kier alpha value is -0.990. The molecule has 2 nitrogen and oxygen atoms in total. The molecule has 0 aliphatic heterocycles. The van der Waals surface area contributed by atoms with Crippen molar-refractivity contribution in [3.05, 3.63) is 53.6 Å². The Morgan fingerprint density at radius 3 is 2.50 bits per heavy atom. The van der Waals surface area contributed by atoms with E-state index in [1.54, 1.807) is 0 Å². The minimum absolute atomic E-state index is 0. The fourth-order valence-corrected chi connectivity index (χ4v) is 2.03. The molecule has 0 amide bonds. The van der Waals surface area contributed by atoms with Gasteiger partial charge in [0.1, 0.15) is 12.4 Å². The Morgan fingerprint density at radius 2 is 1.89 bits per heavy atom. The van der Waals surface area contributed by atoms with Gasteiger partial charge in [-0.3, -0.25) is 0 Å². The van der Waals surface area contributed by atoms with Gasteiger partial charge in [0.25, 0.3) is 0 Å². The van der Waals surface area contributed by atoms with Crippen LogP contribution in [0, 0.1) is 0 Å². The van der Waals surface area contributed by atoms with Crippen LogP contribution in [0.15, 0.2) is 43.0 Å². The van der Waals surface area contributed by atoms with Gasteiger partial charge >= 0.3 is 0 Å². The molecule has 0 spiro atoms. The molecule has 0 aliphatic rings. The van der Waals surface area contributed by atoms with Crippen molar-refractivity contribution in [3.63, 3.8) is 0 Å². The van der Waals surface area contributed by atoms with Gasteiger partial charge in [0.2, 0.25) is 6.33 Å². The molecule has 0 saturated heterocycles. The first-order valence-electron chi connectivity index (χ1n) is 5.99. The second-order valence-corrected chi connectivity index (χ2v) is 4.84. The number of unbranched alkanes of at least 4 members (excludes halogenated alkanes) is 1. The smallest absolute Gasteiger partial charge is 0.243 e. The average molecular weight is 285 g/mol. The summed E-state index contributed by atoms with van der Waals surface area (Å²) in [5, 5.41) is 0.814. The highest BCUT2D eigenvalue weighted by Gasteiger charge is 1.99. The van der Waals surface area contributed by atoms with Crippen molar-refractivity contribution in [1.82, 2.24) is 4.57 Å². The van der Waals surface area contributed by atoms with Crippen LogP contribution in [0.3, 0.4) is 0 Å². The van der Waals surface area contributed by atoms with E-state index in [4.69, 9.17) is 11.6 Å². The standard InChI is InChI=1S/C14H18ClN2.ClH/c1-16-10-11-17(12-16)9-3-2-4-13-5-7-14(15)8-6-13;/h5-8,10-12H,2-4,9H2,1H3;1H/q+1;/p-1. The molecule has 0 bridgehead atoms. The van der Waals surface area contributed by atoms with Crippen molar-refractivity contribution in [2.45, 2.75) is 25.8 Å². The van der Waals surface area contributed by atoms with Gasteiger partial charge in [0, 0.05) is 5.02 Å². The van der Waals surface area contributed by atoms with E-state index in [2.05, 4.69) is 40.0 Å². The molecule has 2 rings (SSSR count). The molecule has 0 atom stereocenters. The fourth-order valence-electron chi connectivity index (χ4n) is 1.91. The molecular formula is C14H18Cl2N2.